The fourth-order valence-electron chi connectivity index (χ4n) is 2.52. The molecule has 1 atom stereocenters. The monoisotopic (exact) mass is 321 g/mol. The number of nitrogens with zero attached hydrogens (tertiary/aromatic N) is 3. The molecule has 5 nitrogen and oxygen atoms in total. The SMILES string of the molecule is O=C(O)C1CCCc2c(Br)nc(-c3cccnc3)n21. The van der Waals surface area contributed by atoms with Crippen LogP contribution in [0.1, 0.15) is 24.6 Å². The van der Waals surface area contributed by atoms with Crippen molar-refractivity contribution >= 4 is 21.9 Å². The number of hydrogen-bond acceptors (Lipinski definition) is 3. The predicted molar refractivity (Wildman–Crippen MR) is 72.8 cm³/mol. The standard InChI is InChI=1S/C13H12BrN3O2/c14-11-9-4-1-5-10(13(18)19)17(9)12(16-11)8-3-2-6-15-7-8/h2-3,6-7,10H,1,4-5H2,(H,18,19). The van der Waals surface area contributed by atoms with Gasteiger partial charge in [0.15, 0.2) is 0 Å². The van der Waals surface area contributed by atoms with Crippen LogP contribution in [0.4, 0.5) is 0 Å². The highest BCUT2D eigenvalue weighted by atomic mass is 79.9. The van der Waals surface area contributed by atoms with E-state index in [1.54, 1.807) is 12.4 Å². The summed E-state index contributed by atoms with van der Waals surface area (Å²) >= 11 is 3.43. The third-order valence-corrected chi connectivity index (χ3v) is 4.00. The van der Waals surface area contributed by atoms with Gasteiger partial charge in [0.25, 0.3) is 0 Å². The van der Waals surface area contributed by atoms with Gasteiger partial charge in [0.2, 0.25) is 0 Å². The molecule has 98 valence electrons. The molecule has 0 saturated heterocycles. The number of carboxylic acid groups (broad SMARTS) is 1. The van der Waals surface area contributed by atoms with Crippen LogP contribution in [-0.4, -0.2) is 25.6 Å². The Morgan fingerprint density at radius 1 is 1.53 bits per heavy atom. The zero-order chi connectivity index (χ0) is 13.4. The maximum Gasteiger partial charge on any atom is 0.326 e. The average molecular weight is 322 g/mol. The van der Waals surface area contributed by atoms with Gasteiger partial charge in [0.05, 0.1) is 5.69 Å². The predicted octanol–water partition coefficient (Wildman–Crippen LogP) is 2.67. The van der Waals surface area contributed by atoms with Crippen molar-refractivity contribution in [2.24, 2.45) is 0 Å². The van der Waals surface area contributed by atoms with E-state index in [0.29, 0.717) is 12.2 Å². The maximum absolute atomic E-state index is 11.4. The number of fused-ring (bicyclic) bond motifs is 1. The van der Waals surface area contributed by atoms with Crippen LogP contribution in [0.15, 0.2) is 29.1 Å². The Balaban J connectivity index is 2.20. The molecule has 0 spiro atoms. The van der Waals surface area contributed by atoms with Gasteiger partial charge in [-0.2, -0.15) is 0 Å². The van der Waals surface area contributed by atoms with Crippen molar-refractivity contribution in [1.29, 1.82) is 0 Å². The number of hydrogen-bond donors (Lipinski definition) is 1. The lowest BCUT2D eigenvalue weighted by Crippen LogP contribution is -2.25. The van der Waals surface area contributed by atoms with Crippen molar-refractivity contribution in [3.8, 4) is 11.4 Å². The fraction of sp³-hybridized carbons (Fsp3) is 0.308. The number of carboxylic acids is 1. The molecule has 2 aromatic rings. The number of halogens is 1. The number of pyridine rings is 1. The first-order valence-electron chi connectivity index (χ1n) is 6.08. The molecule has 2 aromatic heterocycles. The lowest BCUT2D eigenvalue weighted by Gasteiger charge is -2.24. The third-order valence-electron chi connectivity index (χ3n) is 3.37. The first-order valence-corrected chi connectivity index (χ1v) is 6.87. The van der Waals surface area contributed by atoms with Crippen LogP contribution in [0, 0.1) is 0 Å². The number of rotatable bonds is 2. The molecule has 1 unspecified atom stereocenters. The second kappa shape index (κ2) is 4.77. The summed E-state index contributed by atoms with van der Waals surface area (Å²) in [6.07, 6.45) is 5.74. The van der Waals surface area contributed by atoms with Crippen LogP contribution in [0.25, 0.3) is 11.4 Å². The second-order valence-corrected chi connectivity index (χ2v) is 5.28. The van der Waals surface area contributed by atoms with E-state index in [2.05, 4.69) is 25.9 Å². The molecule has 3 heterocycles. The average Bonchev–Trinajstić information content (AvgIpc) is 2.77. The van der Waals surface area contributed by atoms with Crippen LogP contribution in [0.5, 0.6) is 0 Å². The topological polar surface area (TPSA) is 68.0 Å². The molecule has 1 aliphatic rings. The summed E-state index contributed by atoms with van der Waals surface area (Å²) in [6, 6.07) is 3.17. The summed E-state index contributed by atoms with van der Waals surface area (Å²) in [5.74, 6) is -0.141. The van der Waals surface area contributed by atoms with Crippen molar-refractivity contribution in [3.63, 3.8) is 0 Å². The van der Waals surface area contributed by atoms with Crippen LogP contribution in [0.2, 0.25) is 0 Å². The molecule has 0 aliphatic carbocycles. The summed E-state index contributed by atoms with van der Waals surface area (Å²) in [5.41, 5.74) is 1.79. The van der Waals surface area contributed by atoms with E-state index in [-0.39, 0.29) is 0 Å². The van der Waals surface area contributed by atoms with E-state index < -0.39 is 12.0 Å². The van der Waals surface area contributed by atoms with Crippen molar-refractivity contribution in [2.45, 2.75) is 25.3 Å². The molecule has 19 heavy (non-hydrogen) atoms. The quantitative estimate of drug-likeness (QED) is 0.923. The zero-order valence-corrected chi connectivity index (χ0v) is 11.7. The minimum absolute atomic E-state index is 0.544. The molecular weight excluding hydrogens is 310 g/mol. The molecule has 0 fully saturated rings. The number of aliphatic carboxylic acids is 1. The van der Waals surface area contributed by atoms with Gasteiger partial charge in [0.1, 0.15) is 16.5 Å². The number of aromatic nitrogens is 3. The smallest absolute Gasteiger partial charge is 0.326 e. The van der Waals surface area contributed by atoms with Gasteiger partial charge in [-0.05, 0) is 47.3 Å². The molecule has 1 N–H and O–H groups in total. The summed E-state index contributed by atoms with van der Waals surface area (Å²) < 4.78 is 2.56. The normalized spacial score (nSPS) is 18.1. The first kappa shape index (κ1) is 12.3. The van der Waals surface area contributed by atoms with Gasteiger partial charge in [0, 0.05) is 18.0 Å². The highest BCUT2D eigenvalue weighted by Crippen LogP contribution is 2.35. The van der Waals surface area contributed by atoms with E-state index in [4.69, 9.17) is 0 Å². The van der Waals surface area contributed by atoms with Crippen LogP contribution >= 0.6 is 15.9 Å². The van der Waals surface area contributed by atoms with E-state index in [0.717, 1.165) is 28.7 Å². The second-order valence-electron chi connectivity index (χ2n) is 4.53. The van der Waals surface area contributed by atoms with Gasteiger partial charge >= 0.3 is 5.97 Å². The van der Waals surface area contributed by atoms with Gasteiger partial charge < -0.3 is 9.67 Å². The molecule has 6 heteroatoms. The van der Waals surface area contributed by atoms with Crippen molar-refractivity contribution < 1.29 is 9.90 Å². The highest BCUT2D eigenvalue weighted by molar-refractivity contribution is 9.10. The summed E-state index contributed by atoms with van der Waals surface area (Å²) in [6.45, 7) is 0. The summed E-state index contributed by atoms with van der Waals surface area (Å²) in [7, 11) is 0. The molecule has 1 aliphatic heterocycles. The minimum Gasteiger partial charge on any atom is -0.480 e. The minimum atomic E-state index is -0.809. The van der Waals surface area contributed by atoms with E-state index in [9.17, 15) is 9.90 Å². The molecule has 3 rings (SSSR count). The van der Waals surface area contributed by atoms with E-state index in [1.807, 2.05) is 16.7 Å². The van der Waals surface area contributed by atoms with Crippen molar-refractivity contribution in [2.75, 3.05) is 0 Å². The third kappa shape index (κ3) is 2.06. The molecule has 0 aromatic carbocycles. The Bertz CT molecular complexity index is 624. The van der Waals surface area contributed by atoms with Crippen LogP contribution < -0.4 is 0 Å². The van der Waals surface area contributed by atoms with Gasteiger partial charge in [-0.1, -0.05) is 0 Å². The Hall–Kier alpha value is -1.69. The van der Waals surface area contributed by atoms with Gasteiger partial charge in [-0.25, -0.2) is 9.78 Å². The van der Waals surface area contributed by atoms with Gasteiger partial charge in [-0.15, -0.1) is 0 Å². The summed E-state index contributed by atoms with van der Waals surface area (Å²) in [5, 5.41) is 9.39. The zero-order valence-electron chi connectivity index (χ0n) is 10.1. The Labute approximate surface area is 118 Å². The molecular formula is C13H12BrN3O2. The summed E-state index contributed by atoms with van der Waals surface area (Å²) in [4.78, 5) is 20.0. The lowest BCUT2D eigenvalue weighted by atomic mass is 10.0. The largest absolute Gasteiger partial charge is 0.480 e. The van der Waals surface area contributed by atoms with E-state index in [1.165, 1.54) is 0 Å². The van der Waals surface area contributed by atoms with Crippen LogP contribution in [-0.2, 0) is 11.2 Å². The molecule has 0 bridgehead atoms. The maximum atomic E-state index is 11.4. The number of carbonyl (C=O) groups is 1. The Morgan fingerprint density at radius 3 is 3.05 bits per heavy atom. The Kier molecular flexibility index (Phi) is 3.10. The van der Waals surface area contributed by atoms with Gasteiger partial charge in [-0.3, -0.25) is 4.98 Å². The van der Waals surface area contributed by atoms with E-state index >= 15 is 0 Å². The highest BCUT2D eigenvalue weighted by Gasteiger charge is 2.31. The van der Waals surface area contributed by atoms with Crippen molar-refractivity contribution in [1.82, 2.24) is 14.5 Å². The fourth-order valence-corrected chi connectivity index (χ4v) is 3.08. The first-order chi connectivity index (χ1) is 9.18. The molecule has 0 radical (unpaired) electrons. The number of imidazole rings is 1. The van der Waals surface area contributed by atoms with Crippen molar-refractivity contribution in [3.05, 3.63) is 34.8 Å². The Morgan fingerprint density at radius 2 is 2.37 bits per heavy atom. The molecule has 0 amide bonds. The van der Waals surface area contributed by atoms with Crippen LogP contribution in [0.3, 0.4) is 0 Å². The molecule has 0 saturated carbocycles. The lowest BCUT2D eigenvalue weighted by molar-refractivity contribution is -0.141.